The van der Waals surface area contributed by atoms with E-state index in [0.29, 0.717) is 13.0 Å². The Labute approximate surface area is 131 Å². The molecule has 0 aromatic carbocycles. The van der Waals surface area contributed by atoms with Gasteiger partial charge in [-0.05, 0) is 40.4 Å². The minimum atomic E-state index is -0.409. The average molecular weight is 359 g/mol. The molecule has 2 unspecified atom stereocenters. The fourth-order valence-electron chi connectivity index (χ4n) is 2.44. The fourth-order valence-corrected chi connectivity index (χ4v) is 3.92. The van der Waals surface area contributed by atoms with Crippen LogP contribution in [0, 0.1) is 5.92 Å². The van der Waals surface area contributed by atoms with Crippen LogP contribution in [-0.2, 0) is 16.1 Å². The Balaban J connectivity index is 2.24. The number of rotatable bonds is 4. The van der Waals surface area contributed by atoms with Crippen LogP contribution in [0.2, 0.25) is 0 Å². The van der Waals surface area contributed by atoms with Gasteiger partial charge in [-0.1, -0.05) is 20.8 Å². The molecule has 0 spiro atoms. The third-order valence-corrected chi connectivity index (χ3v) is 5.14. The highest BCUT2D eigenvalue weighted by atomic mass is 79.9. The molecular formula is C14H19BrN2O2S. The van der Waals surface area contributed by atoms with Gasteiger partial charge in [0.25, 0.3) is 0 Å². The van der Waals surface area contributed by atoms with Gasteiger partial charge in [0.2, 0.25) is 11.8 Å². The number of thiophene rings is 1. The SMILES string of the molecule is CCC1C(=O)NC(C(C)C)C(=O)N1Cc1ccc(Br)s1. The predicted molar refractivity (Wildman–Crippen MR) is 83.4 cm³/mol. The summed E-state index contributed by atoms with van der Waals surface area (Å²) < 4.78 is 1.04. The highest BCUT2D eigenvalue weighted by Gasteiger charge is 2.40. The van der Waals surface area contributed by atoms with Gasteiger partial charge in [-0.15, -0.1) is 11.3 Å². The van der Waals surface area contributed by atoms with E-state index >= 15 is 0 Å². The van der Waals surface area contributed by atoms with Crippen molar-refractivity contribution in [1.82, 2.24) is 10.2 Å². The Kier molecular flexibility index (Phi) is 4.86. The summed E-state index contributed by atoms with van der Waals surface area (Å²) in [5.74, 6) is 0.0826. The number of carbonyl (C=O) groups is 2. The first-order chi connectivity index (χ1) is 9.43. The maximum atomic E-state index is 12.6. The molecule has 1 N–H and O–H groups in total. The molecule has 2 heterocycles. The number of nitrogens with one attached hydrogen (secondary N) is 1. The minimum absolute atomic E-state index is 0.0240. The lowest BCUT2D eigenvalue weighted by Crippen LogP contribution is -2.64. The monoisotopic (exact) mass is 358 g/mol. The summed E-state index contributed by atoms with van der Waals surface area (Å²) in [5.41, 5.74) is 0. The number of piperazine rings is 1. The molecule has 1 aromatic rings. The summed E-state index contributed by atoms with van der Waals surface area (Å²) in [7, 11) is 0. The lowest BCUT2D eigenvalue weighted by atomic mass is 9.97. The Morgan fingerprint density at radius 3 is 2.60 bits per heavy atom. The zero-order valence-electron chi connectivity index (χ0n) is 11.9. The zero-order chi connectivity index (χ0) is 14.9. The van der Waals surface area contributed by atoms with Crippen molar-refractivity contribution in [3.8, 4) is 0 Å². The van der Waals surface area contributed by atoms with E-state index in [0.717, 1.165) is 8.66 Å². The smallest absolute Gasteiger partial charge is 0.246 e. The standard InChI is InChI=1S/C14H19BrN2O2S/c1-4-10-13(18)16-12(8(2)3)14(19)17(10)7-9-5-6-11(15)20-9/h5-6,8,10,12H,4,7H2,1-3H3,(H,16,18). The molecular weight excluding hydrogens is 340 g/mol. The van der Waals surface area contributed by atoms with E-state index in [1.54, 1.807) is 16.2 Å². The number of nitrogens with zero attached hydrogens (tertiary/aromatic N) is 1. The van der Waals surface area contributed by atoms with Crippen molar-refractivity contribution in [1.29, 1.82) is 0 Å². The summed E-state index contributed by atoms with van der Waals surface area (Å²) in [6, 6.07) is 3.19. The molecule has 2 amide bonds. The summed E-state index contributed by atoms with van der Waals surface area (Å²) in [6.45, 7) is 6.35. The number of hydrogen-bond acceptors (Lipinski definition) is 3. The van der Waals surface area contributed by atoms with E-state index in [9.17, 15) is 9.59 Å². The number of hydrogen-bond donors (Lipinski definition) is 1. The molecule has 2 rings (SSSR count). The quantitative estimate of drug-likeness (QED) is 0.899. The molecule has 2 atom stereocenters. The van der Waals surface area contributed by atoms with E-state index in [2.05, 4.69) is 21.2 Å². The molecule has 0 bridgehead atoms. The van der Waals surface area contributed by atoms with Crippen molar-refractivity contribution < 1.29 is 9.59 Å². The van der Waals surface area contributed by atoms with Crippen LogP contribution in [0.4, 0.5) is 0 Å². The lowest BCUT2D eigenvalue weighted by molar-refractivity contribution is -0.151. The second-order valence-corrected chi connectivity index (χ2v) is 7.87. The Hall–Kier alpha value is -0.880. The van der Waals surface area contributed by atoms with Crippen LogP contribution < -0.4 is 5.32 Å². The average Bonchev–Trinajstić information content (AvgIpc) is 2.79. The van der Waals surface area contributed by atoms with Crippen LogP contribution in [0.15, 0.2) is 15.9 Å². The van der Waals surface area contributed by atoms with Gasteiger partial charge in [-0.3, -0.25) is 9.59 Å². The minimum Gasteiger partial charge on any atom is -0.342 e. The van der Waals surface area contributed by atoms with Crippen LogP contribution in [0.1, 0.15) is 32.1 Å². The van der Waals surface area contributed by atoms with Crippen LogP contribution >= 0.6 is 27.3 Å². The largest absolute Gasteiger partial charge is 0.342 e. The number of amides is 2. The summed E-state index contributed by atoms with van der Waals surface area (Å²) >= 11 is 5.02. The van der Waals surface area contributed by atoms with Crippen LogP contribution in [0.5, 0.6) is 0 Å². The second kappa shape index (κ2) is 6.26. The third-order valence-electron chi connectivity index (χ3n) is 3.53. The molecule has 0 radical (unpaired) electrons. The number of carbonyl (C=O) groups excluding carboxylic acids is 2. The molecule has 1 saturated heterocycles. The van der Waals surface area contributed by atoms with Gasteiger partial charge in [-0.2, -0.15) is 0 Å². The summed E-state index contributed by atoms with van der Waals surface area (Å²) in [4.78, 5) is 27.6. The molecule has 0 aliphatic carbocycles. The Bertz CT molecular complexity index is 515. The van der Waals surface area contributed by atoms with Crippen molar-refractivity contribution in [2.75, 3.05) is 0 Å². The molecule has 1 aliphatic heterocycles. The molecule has 110 valence electrons. The van der Waals surface area contributed by atoms with Gasteiger partial charge >= 0.3 is 0 Å². The maximum absolute atomic E-state index is 12.6. The van der Waals surface area contributed by atoms with E-state index in [-0.39, 0.29) is 23.8 Å². The fraction of sp³-hybridized carbons (Fsp3) is 0.571. The molecule has 0 saturated carbocycles. The third kappa shape index (κ3) is 3.06. The van der Waals surface area contributed by atoms with E-state index < -0.39 is 6.04 Å². The van der Waals surface area contributed by atoms with Crippen LogP contribution in [-0.4, -0.2) is 28.8 Å². The van der Waals surface area contributed by atoms with Gasteiger partial charge < -0.3 is 10.2 Å². The Morgan fingerprint density at radius 2 is 2.10 bits per heavy atom. The molecule has 6 heteroatoms. The predicted octanol–water partition coefficient (Wildman–Crippen LogP) is 2.77. The normalized spacial score (nSPS) is 23.4. The van der Waals surface area contributed by atoms with Crippen molar-refractivity contribution in [3.63, 3.8) is 0 Å². The van der Waals surface area contributed by atoms with Gasteiger partial charge in [-0.25, -0.2) is 0 Å². The van der Waals surface area contributed by atoms with Crippen molar-refractivity contribution >= 4 is 39.1 Å². The molecule has 1 aromatic heterocycles. The van der Waals surface area contributed by atoms with E-state index in [1.807, 2.05) is 32.9 Å². The first-order valence-electron chi connectivity index (χ1n) is 6.79. The van der Waals surface area contributed by atoms with Crippen molar-refractivity contribution in [2.45, 2.75) is 45.8 Å². The van der Waals surface area contributed by atoms with Crippen molar-refractivity contribution in [2.24, 2.45) is 5.92 Å². The topological polar surface area (TPSA) is 49.4 Å². The Morgan fingerprint density at radius 1 is 1.40 bits per heavy atom. The van der Waals surface area contributed by atoms with Gasteiger partial charge in [0.15, 0.2) is 0 Å². The molecule has 1 aliphatic rings. The molecule has 1 fully saturated rings. The first kappa shape index (κ1) is 15.5. The van der Waals surface area contributed by atoms with Gasteiger partial charge in [0.1, 0.15) is 12.1 Å². The van der Waals surface area contributed by atoms with Crippen LogP contribution in [0.3, 0.4) is 0 Å². The maximum Gasteiger partial charge on any atom is 0.246 e. The lowest BCUT2D eigenvalue weighted by Gasteiger charge is -2.39. The van der Waals surface area contributed by atoms with Gasteiger partial charge in [0.05, 0.1) is 10.3 Å². The highest BCUT2D eigenvalue weighted by molar-refractivity contribution is 9.11. The van der Waals surface area contributed by atoms with E-state index in [1.165, 1.54) is 0 Å². The van der Waals surface area contributed by atoms with Gasteiger partial charge in [0, 0.05) is 4.88 Å². The van der Waals surface area contributed by atoms with Crippen molar-refractivity contribution in [3.05, 3.63) is 20.8 Å². The summed E-state index contributed by atoms with van der Waals surface area (Å²) in [5, 5.41) is 2.85. The number of halogens is 1. The highest BCUT2D eigenvalue weighted by Crippen LogP contribution is 2.26. The van der Waals surface area contributed by atoms with E-state index in [4.69, 9.17) is 0 Å². The molecule has 20 heavy (non-hydrogen) atoms. The first-order valence-corrected chi connectivity index (χ1v) is 8.40. The zero-order valence-corrected chi connectivity index (χ0v) is 14.3. The summed E-state index contributed by atoms with van der Waals surface area (Å²) in [6.07, 6.45) is 0.634. The second-order valence-electron chi connectivity index (χ2n) is 5.33. The molecule has 4 nitrogen and oxygen atoms in total. The van der Waals surface area contributed by atoms with Crippen LogP contribution in [0.25, 0.3) is 0 Å².